The van der Waals surface area contributed by atoms with Gasteiger partial charge in [0, 0.05) is 24.3 Å². The van der Waals surface area contributed by atoms with Gasteiger partial charge in [0.1, 0.15) is 0 Å². The van der Waals surface area contributed by atoms with E-state index in [1.807, 2.05) is 30.3 Å². The van der Waals surface area contributed by atoms with E-state index in [9.17, 15) is 4.39 Å². The van der Waals surface area contributed by atoms with E-state index in [1.165, 1.54) is 6.07 Å². The topological polar surface area (TPSA) is 37.8 Å². The molecular weight excluding hydrogens is 253 g/mol. The first kappa shape index (κ1) is 12.5. The van der Waals surface area contributed by atoms with Crippen molar-refractivity contribution >= 4 is 16.7 Å². The summed E-state index contributed by atoms with van der Waals surface area (Å²) in [5.41, 5.74) is 2.14. The van der Waals surface area contributed by atoms with Crippen molar-refractivity contribution in [3.63, 3.8) is 0 Å². The van der Waals surface area contributed by atoms with E-state index in [1.54, 1.807) is 18.5 Å². The number of benzene rings is 1. The molecule has 100 valence electrons. The van der Waals surface area contributed by atoms with E-state index < -0.39 is 0 Å². The predicted octanol–water partition coefficient (Wildman–Crippen LogP) is 3.42. The first-order chi connectivity index (χ1) is 9.84. The van der Waals surface area contributed by atoms with E-state index in [0.29, 0.717) is 12.4 Å². The van der Waals surface area contributed by atoms with Crippen molar-refractivity contribution in [1.29, 1.82) is 0 Å². The Morgan fingerprint density at radius 1 is 0.950 bits per heavy atom. The lowest BCUT2D eigenvalue weighted by Gasteiger charge is -2.08. The van der Waals surface area contributed by atoms with Gasteiger partial charge in [0.2, 0.25) is 0 Å². The maximum Gasteiger partial charge on any atom is 0.165 e. The molecule has 3 nitrogen and oxygen atoms in total. The monoisotopic (exact) mass is 267 g/mol. The quantitative estimate of drug-likeness (QED) is 0.787. The molecule has 2 aromatic heterocycles. The Morgan fingerprint density at radius 3 is 2.65 bits per heavy atom. The molecule has 1 aromatic carbocycles. The molecule has 1 N–H and O–H groups in total. The minimum atomic E-state index is -0.330. The summed E-state index contributed by atoms with van der Waals surface area (Å²) < 4.78 is 13.4. The van der Waals surface area contributed by atoms with Crippen LogP contribution in [0.25, 0.3) is 10.9 Å². The number of fused-ring (bicyclic) bond motifs is 1. The molecular formula is C16H14FN3. The number of pyridine rings is 2. The van der Waals surface area contributed by atoms with Gasteiger partial charge in [0.25, 0.3) is 0 Å². The Balaban J connectivity index is 1.73. The summed E-state index contributed by atoms with van der Waals surface area (Å²) in [7, 11) is 0. The number of nitrogens with one attached hydrogen (secondary N) is 1. The van der Waals surface area contributed by atoms with E-state index in [4.69, 9.17) is 0 Å². The summed E-state index contributed by atoms with van der Waals surface area (Å²) >= 11 is 0. The van der Waals surface area contributed by atoms with Gasteiger partial charge in [-0.3, -0.25) is 4.98 Å². The second-order valence-electron chi connectivity index (χ2n) is 4.50. The first-order valence-corrected chi connectivity index (χ1v) is 6.51. The van der Waals surface area contributed by atoms with Crippen LogP contribution in [0.3, 0.4) is 0 Å². The highest BCUT2D eigenvalue weighted by molar-refractivity contribution is 5.81. The average molecular weight is 267 g/mol. The number of nitrogens with zero attached hydrogens (tertiary/aromatic N) is 2. The van der Waals surface area contributed by atoms with Gasteiger partial charge < -0.3 is 5.32 Å². The van der Waals surface area contributed by atoms with Crippen molar-refractivity contribution in [2.75, 3.05) is 11.9 Å². The van der Waals surface area contributed by atoms with Crippen molar-refractivity contribution < 1.29 is 4.39 Å². The number of rotatable bonds is 4. The molecule has 0 saturated heterocycles. The van der Waals surface area contributed by atoms with Crippen LogP contribution in [-0.4, -0.2) is 16.5 Å². The standard InChI is InChI=1S/C16H14FN3/c17-14-7-3-10-19-16(14)20-11-8-13-5-1-4-12-6-2-9-18-15(12)13/h1-7,9-10H,8,11H2,(H,19,20). The summed E-state index contributed by atoms with van der Waals surface area (Å²) in [6.45, 7) is 0.615. The summed E-state index contributed by atoms with van der Waals surface area (Å²) in [5.74, 6) is -0.0377. The van der Waals surface area contributed by atoms with E-state index in [0.717, 1.165) is 22.9 Å². The zero-order valence-corrected chi connectivity index (χ0v) is 10.9. The molecule has 0 atom stereocenters. The fourth-order valence-electron chi connectivity index (χ4n) is 2.20. The molecule has 0 bridgehead atoms. The summed E-state index contributed by atoms with van der Waals surface area (Å²) in [4.78, 5) is 8.38. The van der Waals surface area contributed by atoms with Crippen LogP contribution in [0, 0.1) is 5.82 Å². The zero-order valence-electron chi connectivity index (χ0n) is 10.9. The molecule has 0 unspecified atom stereocenters. The lowest BCUT2D eigenvalue weighted by atomic mass is 10.1. The lowest BCUT2D eigenvalue weighted by Crippen LogP contribution is -2.08. The molecule has 0 spiro atoms. The second-order valence-corrected chi connectivity index (χ2v) is 4.50. The Kier molecular flexibility index (Phi) is 3.54. The molecule has 0 saturated carbocycles. The van der Waals surface area contributed by atoms with Crippen LogP contribution in [0.4, 0.5) is 10.2 Å². The van der Waals surface area contributed by atoms with Gasteiger partial charge in [-0.1, -0.05) is 24.3 Å². The molecule has 0 aliphatic heterocycles. The van der Waals surface area contributed by atoms with E-state index in [-0.39, 0.29) is 5.82 Å². The lowest BCUT2D eigenvalue weighted by molar-refractivity contribution is 0.624. The molecule has 0 fully saturated rings. The second kappa shape index (κ2) is 5.65. The van der Waals surface area contributed by atoms with Gasteiger partial charge in [-0.15, -0.1) is 0 Å². The van der Waals surface area contributed by atoms with Crippen molar-refractivity contribution in [1.82, 2.24) is 9.97 Å². The Labute approximate surface area is 116 Å². The number of anilines is 1. The van der Waals surface area contributed by atoms with Crippen molar-refractivity contribution in [2.45, 2.75) is 6.42 Å². The van der Waals surface area contributed by atoms with Gasteiger partial charge in [-0.05, 0) is 30.2 Å². The smallest absolute Gasteiger partial charge is 0.165 e. The Hall–Kier alpha value is -2.49. The van der Waals surface area contributed by atoms with Crippen molar-refractivity contribution in [2.24, 2.45) is 0 Å². The minimum absolute atomic E-state index is 0.292. The van der Waals surface area contributed by atoms with Gasteiger partial charge in [0.05, 0.1) is 5.52 Å². The van der Waals surface area contributed by atoms with Crippen LogP contribution in [0.15, 0.2) is 54.9 Å². The molecule has 4 heteroatoms. The van der Waals surface area contributed by atoms with Gasteiger partial charge in [-0.25, -0.2) is 9.37 Å². The predicted molar refractivity (Wildman–Crippen MR) is 78.1 cm³/mol. The molecule has 0 aliphatic rings. The minimum Gasteiger partial charge on any atom is -0.367 e. The highest BCUT2D eigenvalue weighted by Crippen LogP contribution is 2.16. The zero-order chi connectivity index (χ0) is 13.8. The van der Waals surface area contributed by atoms with Gasteiger partial charge >= 0.3 is 0 Å². The van der Waals surface area contributed by atoms with Crippen molar-refractivity contribution in [3.05, 3.63) is 66.2 Å². The fraction of sp³-hybridized carbons (Fsp3) is 0.125. The Bertz CT molecular complexity index is 722. The number of hydrogen-bond acceptors (Lipinski definition) is 3. The number of hydrogen-bond donors (Lipinski definition) is 1. The normalized spacial score (nSPS) is 10.7. The van der Waals surface area contributed by atoms with E-state index in [2.05, 4.69) is 15.3 Å². The average Bonchev–Trinajstić information content (AvgIpc) is 2.49. The highest BCUT2D eigenvalue weighted by atomic mass is 19.1. The number of para-hydroxylation sites is 1. The molecule has 0 radical (unpaired) electrons. The summed E-state index contributed by atoms with van der Waals surface area (Å²) in [6, 6.07) is 13.0. The third-order valence-corrected chi connectivity index (χ3v) is 3.16. The molecule has 3 aromatic rings. The van der Waals surface area contributed by atoms with E-state index >= 15 is 0 Å². The molecule has 2 heterocycles. The maximum absolute atomic E-state index is 13.4. The largest absolute Gasteiger partial charge is 0.367 e. The molecule has 0 amide bonds. The number of aromatic nitrogens is 2. The first-order valence-electron chi connectivity index (χ1n) is 6.51. The fourth-order valence-corrected chi connectivity index (χ4v) is 2.20. The van der Waals surface area contributed by atoms with Crippen LogP contribution in [0.2, 0.25) is 0 Å². The van der Waals surface area contributed by atoms with Crippen molar-refractivity contribution in [3.8, 4) is 0 Å². The third-order valence-electron chi connectivity index (χ3n) is 3.16. The third kappa shape index (κ3) is 2.59. The Morgan fingerprint density at radius 2 is 1.75 bits per heavy atom. The SMILES string of the molecule is Fc1cccnc1NCCc1cccc2cccnc12. The summed E-state index contributed by atoms with van der Waals surface area (Å²) in [6.07, 6.45) is 4.13. The van der Waals surface area contributed by atoms with Gasteiger partial charge in [0.15, 0.2) is 11.6 Å². The molecule has 20 heavy (non-hydrogen) atoms. The maximum atomic E-state index is 13.4. The number of halogens is 1. The van der Waals surface area contributed by atoms with Crippen LogP contribution in [-0.2, 0) is 6.42 Å². The highest BCUT2D eigenvalue weighted by Gasteiger charge is 2.04. The molecule has 0 aliphatic carbocycles. The van der Waals surface area contributed by atoms with Crippen LogP contribution >= 0.6 is 0 Å². The van der Waals surface area contributed by atoms with Crippen LogP contribution < -0.4 is 5.32 Å². The van der Waals surface area contributed by atoms with Crippen LogP contribution in [0.1, 0.15) is 5.56 Å². The van der Waals surface area contributed by atoms with Crippen LogP contribution in [0.5, 0.6) is 0 Å². The molecule has 3 rings (SSSR count). The summed E-state index contributed by atoms with van der Waals surface area (Å²) in [5, 5.41) is 4.13. The van der Waals surface area contributed by atoms with Gasteiger partial charge in [-0.2, -0.15) is 0 Å².